The zero-order valence-electron chi connectivity index (χ0n) is 11.4. The summed E-state index contributed by atoms with van der Waals surface area (Å²) in [6.45, 7) is 2.19. The van der Waals surface area contributed by atoms with Crippen molar-refractivity contribution in [2.24, 2.45) is 5.92 Å². The largest absolute Gasteiger partial charge is 0.497 e. The number of hydrogen-bond donors (Lipinski definition) is 1. The molecule has 2 rings (SSSR count). The van der Waals surface area contributed by atoms with Crippen molar-refractivity contribution in [3.8, 4) is 11.5 Å². The van der Waals surface area contributed by atoms with Crippen LogP contribution < -0.4 is 9.47 Å². The molecule has 1 saturated carbocycles. The lowest BCUT2D eigenvalue weighted by Crippen LogP contribution is -2.32. The van der Waals surface area contributed by atoms with Gasteiger partial charge in [-0.3, -0.25) is 0 Å². The molecule has 1 N–H and O–H groups in total. The Morgan fingerprint density at radius 2 is 2.06 bits per heavy atom. The van der Waals surface area contributed by atoms with Gasteiger partial charge in [0.05, 0.1) is 19.8 Å². The Morgan fingerprint density at radius 3 is 2.67 bits per heavy atom. The summed E-state index contributed by atoms with van der Waals surface area (Å²) in [4.78, 5) is 0. The molecule has 3 heteroatoms. The van der Waals surface area contributed by atoms with E-state index < -0.39 is 5.60 Å². The molecular weight excluding hydrogens is 228 g/mol. The number of methoxy groups -OCH3 is 2. The molecule has 1 aromatic carbocycles. The van der Waals surface area contributed by atoms with Gasteiger partial charge in [-0.25, -0.2) is 0 Å². The fraction of sp³-hybridized carbons (Fsp3) is 0.600. The van der Waals surface area contributed by atoms with Crippen LogP contribution in [0.1, 0.15) is 38.2 Å². The van der Waals surface area contributed by atoms with Crippen LogP contribution >= 0.6 is 0 Å². The quantitative estimate of drug-likeness (QED) is 0.896. The summed E-state index contributed by atoms with van der Waals surface area (Å²) >= 11 is 0. The minimum Gasteiger partial charge on any atom is -0.497 e. The first-order valence-corrected chi connectivity index (χ1v) is 6.54. The van der Waals surface area contributed by atoms with Crippen LogP contribution in [0.4, 0.5) is 0 Å². The summed E-state index contributed by atoms with van der Waals surface area (Å²) in [5.41, 5.74) is 0.132. The van der Waals surface area contributed by atoms with Crippen LogP contribution in [0, 0.1) is 5.92 Å². The number of rotatable bonds is 3. The van der Waals surface area contributed by atoms with E-state index in [9.17, 15) is 5.11 Å². The van der Waals surface area contributed by atoms with Crippen molar-refractivity contribution in [1.82, 2.24) is 0 Å². The summed E-state index contributed by atoms with van der Waals surface area (Å²) in [7, 11) is 3.26. The van der Waals surface area contributed by atoms with E-state index in [4.69, 9.17) is 9.47 Å². The van der Waals surface area contributed by atoms with Crippen molar-refractivity contribution in [2.45, 2.75) is 38.2 Å². The highest BCUT2D eigenvalue weighted by molar-refractivity contribution is 5.44. The number of benzene rings is 1. The molecule has 0 amide bonds. The van der Waals surface area contributed by atoms with Crippen molar-refractivity contribution in [3.05, 3.63) is 23.8 Å². The number of aliphatic hydroxyl groups is 1. The Balaban J connectivity index is 2.36. The molecule has 3 nitrogen and oxygen atoms in total. The van der Waals surface area contributed by atoms with Crippen molar-refractivity contribution < 1.29 is 14.6 Å². The third kappa shape index (κ3) is 2.46. The monoisotopic (exact) mass is 250 g/mol. The lowest BCUT2D eigenvalue weighted by atomic mass is 9.75. The molecule has 0 spiro atoms. The molecule has 0 aliphatic heterocycles. The van der Waals surface area contributed by atoms with Gasteiger partial charge in [-0.2, -0.15) is 0 Å². The van der Waals surface area contributed by atoms with E-state index in [0.717, 1.165) is 30.6 Å². The Labute approximate surface area is 109 Å². The third-order valence-corrected chi connectivity index (χ3v) is 3.88. The Kier molecular flexibility index (Phi) is 3.81. The SMILES string of the molecule is COc1ccc(C2(O)CCCC(C)C2)c(OC)c1. The van der Waals surface area contributed by atoms with Crippen molar-refractivity contribution in [1.29, 1.82) is 0 Å². The molecule has 0 bridgehead atoms. The predicted molar refractivity (Wildman–Crippen MR) is 71.1 cm³/mol. The molecular formula is C15H22O3. The maximum atomic E-state index is 10.9. The standard InChI is InChI=1S/C15H22O3/c1-11-5-4-8-15(16,10-11)13-7-6-12(17-2)9-14(13)18-3/h6-7,9,11,16H,4-5,8,10H2,1-3H3. The average Bonchev–Trinajstić information content (AvgIpc) is 2.37. The van der Waals surface area contributed by atoms with Gasteiger partial charge in [0.25, 0.3) is 0 Å². The molecule has 1 aliphatic rings. The molecule has 0 saturated heterocycles. The van der Waals surface area contributed by atoms with Gasteiger partial charge in [-0.1, -0.05) is 13.3 Å². The van der Waals surface area contributed by atoms with Crippen LogP contribution in [0.15, 0.2) is 18.2 Å². The molecule has 0 aromatic heterocycles. The fourth-order valence-electron chi connectivity index (χ4n) is 2.95. The van der Waals surface area contributed by atoms with E-state index in [2.05, 4.69) is 6.92 Å². The summed E-state index contributed by atoms with van der Waals surface area (Å²) in [6.07, 6.45) is 3.86. The second-order valence-electron chi connectivity index (χ2n) is 5.30. The summed E-state index contributed by atoms with van der Waals surface area (Å²) < 4.78 is 10.6. The zero-order valence-corrected chi connectivity index (χ0v) is 11.4. The Hall–Kier alpha value is -1.22. The molecule has 100 valence electrons. The second-order valence-corrected chi connectivity index (χ2v) is 5.30. The van der Waals surface area contributed by atoms with Crippen LogP contribution in [0.25, 0.3) is 0 Å². The van der Waals surface area contributed by atoms with Gasteiger partial charge in [0.2, 0.25) is 0 Å². The number of ether oxygens (including phenoxy) is 2. The molecule has 1 aliphatic carbocycles. The van der Waals surface area contributed by atoms with E-state index in [1.165, 1.54) is 6.42 Å². The molecule has 1 aromatic rings. The molecule has 0 heterocycles. The maximum Gasteiger partial charge on any atom is 0.128 e. The third-order valence-electron chi connectivity index (χ3n) is 3.88. The van der Waals surface area contributed by atoms with Crippen molar-refractivity contribution >= 4 is 0 Å². The number of hydrogen-bond acceptors (Lipinski definition) is 3. The van der Waals surface area contributed by atoms with Crippen LogP contribution in [0.2, 0.25) is 0 Å². The zero-order chi connectivity index (χ0) is 13.2. The normalized spacial score (nSPS) is 27.9. The molecule has 0 radical (unpaired) electrons. The minimum atomic E-state index is -0.755. The highest BCUT2D eigenvalue weighted by Crippen LogP contribution is 2.44. The van der Waals surface area contributed by atoms with Crippen LogP contribution in [-0.4, -0.2) is 19.3 Å². The van der Waals surface area contributed by atoms with Gasteiger partial charge in [0.1, 0.15) is 11.5 Å². The topological polar surface area (TPSA) is 38.7 Å². The smallest absolute Gasteiger partial charge is 0.128 e. The average molecular weight is 250 g/mol. The predicted octanol–water partition coefficient (Wildman–Crippen LogP) is 3.10. The highest BCUT2D eigenvalue weighted by Gasteiger charge is 2.36. The van der Waals surface area contributed by atoms with E-state index >= 15 is 0 Å². The van der Waals surface area contributed by atoms with E-state index in [-0.39, 0.29) is 0 Å². The van der Waals surface area contributed by atoms with Crippen LogP contribution in [0.3, 0.4) is 0 Å². The fourth-order valence-corrected chi connectivity index (χ4v) is 2.95. The second kappa shape index (κ2) is 5.19. The van der Waals surface area contributed by atoms with Crippen molar-refractivity contribution in [2.75, 3.05) is 14.2 Å². The van der Waals surface area contributed by atoms with E-state index in [0.29, 0.717) is 11.7 Å². The van der Waals surface area contributed by atoms with Gasteiger partial charge < -0.3 is 14.6 Å². The van der Waals surface area contributed by atoms with Crippen LogP contribution in [0.5, 0.6) is 11.5 Å². The first-order valence-electron chi connectivity index (χ1n) is 6.54. The molecule has 1 fully saturated rings. The first-order chi connectivity index (χ1) is 8.59. The Bertz CT molecular complexity index is 416. The Morgan fingerprint density at radius 1 is 1.28 bits per heavy atom. The highest BCUT2D eigenvalue weighted by atomic mass is 16.5. The van der Waals surface area contributed by atoms with Gasteiger partial charge in [0, 0.05) is 11.6 Å². The van der Waals surface area contributed by atoms with Gasteiger partial charge in [-0.05, 0) is 37.3 Å². The molecule has 2 atom stereocenters. The van der Waals surface area contributed by atoms with E-state index in [1.807, 2.05) is 18.2 Å². The van der Waals surface area contributed by atoms with E-state index in [1.54, 1.807) is 14.2 Å². The van der Waals surface area contributed by atoms with Gasteiger partial charge >= 0.3 is 0 Å². The molecule has 18 heavy (non-hydrogen) atoms. The van der Waals surface area contributed by atoms with Gasteiger partial charge in [-0.15, -0.1) is 0 Å². The molecule has 2 unspecified atom stereocenters. The minimum absolute atomic E-state index is 0.551. The lowest BCUT2D eigenvalue weighted by Gasteiger charge is -2.36. The van der Waals surface area contributed by atoms with Crippen LogP contribution in [-0.2, 0) is 5.60 Å². The van der Waals surface area contributed by atoms with Gasteiger partial charge in [0.15, 0.2) is 0 Å². The summed E-state index contributed by atoms with van der Waals surface area (Å²) in [5, 5.41) is 10.9. The summed E-state index contributed by atoms with van der Waals surface area (Å²) in [5.74, 6) is 2.02. The van der Waals surface area contributed by atoms with Crippen molar-refractivity contribution in [3.63, 3.8) is 0 Å². The first kappa shape index (κ1) is 13.2. The lowest BCUT2D eigenvalue weighted by molar-refractivity contribution is -0.0196. The summed E-state index contributed by atoms with van der Waals surface area (Å²) in [6, 6.07) is 5.65. The maximum absolute atomic E-state index is 10.9.